The number of nitrogens with zero attached hydrogens (tertiary/aromatic N) is 1. The number of hydrogen-bond acceptors (Lipinski definition) is 4. The van der Waals surface area contributed by atoms with Gasteiger partial charge in [0, 0.05) is 11.9 Å². The van der Waals surface area contributed by atoms with Crippen LogP contribution in [0.3, 0.4) is 0 Å². The van der Waals surface area contributed by atoms with Crippen LogP contribution in [0.25, 0.3) is 0 Å². The molecule has 21 heavy (non-hydrogen) atoms. The average molecular weight is 301 g/mol. The molecule has 1 atom stereocenters. The Kier molecular flexibility index (Phi) is 4.20. The Morgan fingerprint density at radius 2 is 2.29 bits per heavy atom. The highest BCUT2D eigenvalue weighted by Gasteiger charge is 2.27. The van der Waals surface area contributed by atoms with Crippen molar-refractivity contribution in [3.8, 4) is 0 Å². The molecule has 1 aliphatic rings. The molecule has 0 unspecified atom stereocenters. The second-order valence-corrected chi connectivity index (χ2v) is 6.25. The third-order valence-electron chi connectivity index (χ3n) is 3.93. The first-order valence-corrected chi connectivity index (χ1v) is 8.17. The van der Waals surface area contributed by atoms with Crippen molar-refractivity contribution >= 4 is 22.4 Å². The van der Waals surface area contributed by atoms with Gasteiger partial charge in [-0.1, -0.05) is 24.3 Å². The Hall–Kier alpha value is -1.88. The molecule has 1 aromatic heterocycles. The summed E-state index contributed by atoms with van der Waals surface area (Å²) in [5.41, 5.74) is 9.12. The number of anilines is 1. The number of aryl methyl sites for hydroxylation is 2. The maximum Gasteiger partial charge on any atom is 0.227 e. The maximum absolute atomic E-state index is 12.3. The lowest BCUT2D eigenvalue weighted by molar-refractivity contribution is -0.122. The lowest BCUT2D eigenvalue weighted by Crippen LogP contribution is -2.29. The van der Waals surface area contributed by atoms with E-state index in [9.17, 15) is 4.79 Å². The molecule has 5 heteroatoms. The van der Waals surface area contributed by atoms with Crippen LogP contribution in [0.15, 0.2) is 29.6 Å². The summed E-state index contributed by atoms with van der Waals surface area (Å²) in [6, 6.07) is 8.25. The van der Waals surface area contributed by atoms with E-state index >= 15 is 0 Å². The number of carbonyl (C=O) groups is 1. The van der Waals surface area contributed by atoms with Crippen LogP contribution >= 0.6 is 11.3 Å². The zero-order valence-corrected chi connectivity index (χ0v) is 12.7. The van der Waals surface area contributed by atoms with E-state index in [1.807, 2.05) is 17.5 Å². The van der Waals surface area contributed by atoms with Gasteiger partial charge < -0.3 is 11.1 Å². The van der Waals surface area contributed by atoms with E-state index in [1.165, 1.54) is 22.5 Å². The van der Waals surface area contributed by atoms with Crippen LogP contribution in [0, 0.1) is 0 Å². The van der Waals surface area contributed by atoms with E-state index < -0.39 is 0 Å². The topological polar surface area (TPSA) is 68.0 Å². The largest absolute Gasteiger partial charge is 0.375 e. The molecule has 0 saturated carbocycles. The first-order chi connectivity index (χ1) is 10.2. The molecule has 3 N–H and O–H groups in total. The molecule has 4 nitrogen and oxygen atoms in total. The lowest BCUT2D eigenvalue weighted by Gasteiger charge is -2.12. The molecular formula is C16H19N3OS. The molecule has 0 saturated heterocycles. The minimum Gasteiger partial charge on any atom is -0.375 e. The van der Waals surface area contributed by atoms with E-state index in [0.717, 1.165) is 31.4 Å². The second kappa shape index (κ2) is 6.26. The predicted molar refractivity (Wildman–Crippen MR) is 85.4 cm³/mol. The minimum absolute atomic E-state index is 0.0242. The van der Waals surface area contributed by atoms with E-state index in [4.69, 9.17) is 5.73 Å². The fraction of sp³-hybridized carbons (Fsp3) is 0.375. The number of nitrogens with one attached hydrogen (secondary N) is 1. The Morgan fingerprint density at radius 3 is 3.10 bits per heavy atom. The quantitative estimate of drug-likeness (QED) is 0.834. The summed E-state index contributed by atoms with van der Waals surface area (Å²) in [6.45, 7) is 0.689. The van der Waals surface area contributed by atoms with Gasteiger partial charge in [0.15, 0.2) is 5.13 Å². The number of hydrogen-bond donors (Lipinski definition) is 2. The van der Waals surface area contributed by atoms with Gasteiger partial charge in [-0.25, -0.2) is 4.98 Å². The van der Waals surface area contributed by atoms with Gasteiger partial charge in [-0.15, -0.1) is 11.3 Å². The van der Waals surface area contributed by atoms with Gasteiger partial charge in [0.25, 0.3) is 0 Å². The van der Waals surface area contributed by atoms with Crippen LogP contribution in [0.2, 0.25) is 0 Å². The minimum atomic E-state index is 0.0242. The lowest BCUT2D eigenvalue weighted by atomic mass is 10.0. The number of nitrogen functional groups attached to an aromatic ring is 1. The summed E-state index contributed by atoms with van der Waals surface area (Å²) in [6.07, 6.45) is 3.68. The molecule has 0 spiro atoms. The van der Waals surface area contributed by atoms with Crippen molar-refractivity contribution in [2.45, 2.75) is 31.6 Å². The van der Waals surface area contributed by atoms with Crippen molar-refractivity contribution in [3.63, 3.8) is 0 Å². The first kappa shape index (κ1) is 14.1. The molecule has 1 aliphatic carbocycles. The molecule has 0 aliphatic heterocycles. The SMILES string of the molecule is Nc1nc(CCCNC(=O)[C@@H]2CCc3ccccc32)cs1. The van der Waals surface area contributed by atoms with E-state index in [2.05, 4.69) is 22.4 Å². The van der Waals surface area contributed by atoms with Crippen molar-refractivity contribution in [2.24, 2.45) is 0 Å². The monoisotopic (exact) mass is 301 g/mol. The number of fused-ring (bicyclic) bond motifs is 1. The van der Waals surface area contributed by atoms with Gasteiger partial charge >= 0.3 is 0 Å². The first-order valence-electron chi connectivity index (χ1n) is 7.29. The highest BCUT2D eigenvalue weighted by Crippen LogP contribution is 2.32. The van der Waals surface area contributed by atoms with Crippen LogP contribution in [0.1, 0.15) is 35.6 Å². The predicted octanol–water partition coefficient (Wildman–Crippen LogP) is 2.50. The number of thiazole rings is 1. The molecule has 1 heterocycles. The Morgan fingerprint density at radius 1 is 1.43 bits per heavy atom. The molecule has 0 bridgehead atoms. The number of amides is 1. The maximum atomic E-state index is 12.3. The summed E-state index contributed by atoms with van der Waals surface area (Å²) < 4.78 is 0. The molecule has 0 fully saturated rings. The van der Waals surface area contributed by atoms with Crippen LogP contribution in [-0.4, -0.2) is 17.4 Å². The van der Waals surface area contributed by atoms with E-state index in [-0.39, 0.29) is 11.8 Å². The van der Waals surface area contributed by atoms with E-state index in [1.54, 1.807) is 0 Å². The van der Waals surface area contributed by atoms with Crippen LogP contribution in [-0.2, 0) is 17.6 Å². The van der Waals surface area contributed by atoms with Gasteiger partial charge in [-0.3, -0.25) is 4.79 Å². The van der Waals surface area contributed by atoms with Crippen molar-refractivity contribution in [1.29, 1.82) is 0 Å². The molecule has 1 amide bonds. The summed E-state index contributed by atoms with van der Waals surface area (Å²) >= 11 is 1.46. The molecule has 0 radical (unpaired) electrons. The van der Waals surface area contributed by atoms with Crippen LogP contribution < -0.4 is 11.1 Å². The smallest absolute Gasteiger partial charge is 0.227 e. The normalized spacial score (nSPS) is 16.7. The molecule has 1 aromatic carbocycles. The van der Waals surface area contributed by atoms with Crippen molar-refractivity contribution in [2.75, 3.05) is 12.3 Å². The Bertz CT molecular complexity index is 638. The molecule has 2 aromatic rings. The summed E-state index contributed by atoms with van der Waals surface area (Å²) in [7, 11) is 0. The fourth-order valence-electron chi connectivity index (χ4n) is 2.87. The number of nitrogens with two attached hydrogens (primary N) is 1. The standard InChI is InChI=1S/C16H19N3OS/c17-16-19-12(10-21-16)5-3-9-18-15(20)14-8-7-11-4-1-2-6-13(11)14/h1-2,4,6,10,14H,3,5,7-9H2,(H2,17,19)(H,18,20)/t14-/m1/s1. The zero-order chi connectivity index (χ0) is 14.7. The van der Waals surface area contributed by atoms with Gasteiger partial charge in [-0.05, 0) is 36.8 Å². The van der Waals surface area contributed by atoms with Crippen molar-refractivity contribution in [3.05, 3.63) is 46.5 Å². The Labute approximate surface area is 128 Å². The summed E-state index contributed by atoms with van der Waals surface area (Å²) in [5, 5.41) is 5.63. The highest BCUT2D eigenvalue weighted by atomic mass is 32.1. The van der Waals surface area contributed by atoms with Crippen molar-refractivity contribution < 1.29 is 4.79 Å². The van der Waals surface area contributed by atoms with Crippen LogP contribution in [0.5, 0.6) is 0 Å². The number of rotatable bonds is 5. The van der Waals surface area contributed by atoms with Gasteiger partial charge in [0.05, 0.1) is 11.6 Å². The number of carbonyl (C=O) groups excluding carboxylic acids is 1. The third-order valence-corrected chi connectivity index (χ3v) is 4.65. The van der Waals surface area contributed by atoms with Gasteiger partial charge in [0.1, 0.15) is 0 Å². The summed E-state index contributed by atoms with van der Waals surface area (Å²) in [4.78, 5) is 16.5. The molecule has 3 rings (SSSR count). The zero-order valence-electron chi connectivity index (χ0n) is 11.8. The Balaban J connectivity index is 1.47. The second-order valence-electron chi connectivity index (χ2n) is 5.36. The number of aromatic nitrogens is 1. The molecule has 110 valence electrons. The average Bonchev–Trinajstić information content (AvgIpc) is 3.09. The van der Waals surface area contributed by atoms with Gasteiger partial charge in [-0.2, -0.15) is 0 Å². The van der Waals surface area contributed by atoms with Gasteiger partial charge in [0.2, 0.25) is 5.91 Å². The van der Waals surface area contributed by atoms with E-state index in [0.29, 0.717) is 11.7 Å². The van der Waals surface area contributed by atoms with Crippen LogP contribution in [0.4, 0.5) is 5.13 Å². The third kappa shape index (κ3) is 3.24. The van der Waals surface area contributed by atoms with Crippen molar-refractivity contribution in [1.82, 2.24) is 10.3 Å². The number of benzene rings is 1. The highest BCUT2D eigenvalue weighted by molar-refractivity contribution is 7.13. The fourth-order valence-corrected chi connectivity index (χ4v) is 3.47. The molecular weight excluding hydrogens is 282 g/mol. The summed E-state index contributed by atoms with van der Waals surface area (Å²) in [5.74, 6) is 0.175.